The molecule has 3 N–H and O–H groups in total. The second-order valence-corrected chi connectivity index (χ2v) is 6.83. The van der Waals surface area contributed by atoms with Gasteiger partial charge in [0.05, 0.1) is 37.1 Å². The van der Waals surface area contributed by atoms with Gasteiger partial charge in [0, 0.05) is 11.3 Å². The van der Waals surface area contributed by atoms with E-state index >= 15 is 0 Å². The number of hydrazine groups is 1. The minimum Gasteiger partial charge on any atom is -0.495 e. The molecule has 0 spiro atoms. The first-order chi connectivity index (χ1) is 14.8. The van der Waals surface area contributed by atoms with E-state index in [0.29, 0.717) is 11.3 Å². The molecule has 0 aliphatic carbocycles. The van der Waals surface area contributed by atoms with Crippen molar-refractivity contribution < 1.29 is 35.9 Å². The molecule has 2 aromatic rings. The molecule has 1 aliphatic heterocycles. The molecule has 5 nitrogen and oxygen atoms in total. The van der Waals surface area contributed by atoms with Gasteiger partial charge < -0.3 is 10.5 Å². The highest BCUT2D eigenvalue weighted by atomic mass is 19.4. The number of methoxy groups -OCH3 is 1. The van der Waals surface area contributed by atoms with Gasteiger partial charge in [0.1, 0.15) is 5.75 Å². The third-order valence-electron chi connectivity index (χ3n) is 4.73. The molecule has 1 aliphatic rings. The van der Waals surface area contributed by atoms with Crippen LogP contribution < -0.4 is 15.9 Å². The lowest BCUT2D eigenvalue weighted by atomic mass is 9.94. The number of rotatable bonds is 3. The second-order valence-electron chi connectivity index (χ2n) is 6.83. The lowest BCUT2D eigenvalue weighted by Crippen LogP contribution is -2.36. The zero-order valence-corrected chi connectivity index (χ0v) is 17.7. The van der Waals surface area contributed by atoms with E-state index in [2.05, 4.69) is 10.2 Å². The summed E-state index contributed by atoms with van der Waals surface area (Å²) in [6.07, 6.45) is -8.73. The van der Waals surface area contributed by atoms with E-state index < -0.39 is 23.5 Å². The number of nitrogens with two attached hydrogens (primary N) is 1. The van der Waals surface area contributed by atoms with Crippen LogP contribution in [0, 0.1) is 0 Å². The van der Waals surface area contributed by atoms with Crippen LogP contribution in [0.1, 0.15) is 30.5 Å². The van der Waals surface area contributed by atoms with Gasteiger partial charge in [-0.2, -0.15) is 26.3 Å². The number of ether oxygens (including phenoxy) is 1. The molecular formula is C21H23F6N3O2. The van der Waals surface area contributed by atoms with Crippen molar-refractivity contribution in [2.45, 2.75) is 32.2 Å². The molecule has 32 heavy (non-hydrogen) atoms. The average molecular weight is 463 g/mol. The molecule has 0 bridgehead atoms. The number of alkyl halides is 6. The Morgan fingerprint density at radius 3 is 2.09 bits per heavy atom. The Hall–Kier alpha value is -2.92. The van der Waals surface area contributed by atoms with Crippen molar-refractivity contribution in [2.24, 2.45) is 0 Å². The van der Waals surface area contributed by atoms with Crippen molar-refractivity contribution in [3.8, 4) is 5.75 Å². The molecule has 1 unspecified atom stereocenters. The minimum atomic E-state index is -4.37. The van der Waals surface area contributed by atoms with Crippen molar-refractivity contribution in [1.82, 2.24) is 10.6 Å². The van der Waals surface area contributed by atoms with E-state index in [9.17, 15) is 26.3 Å². The number of hydroxylamine groups is 1. The van der Waals surface area contributed by atoms with Gasteiger partial charge in [-0.1, -0.05) is 23.4 Å². The summed E-state index contributed by atoms with van der Waals surface area (Å²) in [7, 11) is 2.74. The third-order valence-corrected chi connectivity index (χ3v) is 4.73. The van der Waals surface area contributed by atoms with Crippen LogP contribution in [0.2, 0.25) is 0 Å². The van der Waals surface area contributed by atoms with Gasteiger partial charge in [0.15, 0.2) is 0 Å². The number of nitrogens with zero attached hydrogens (tertiary/aromatic N) is 1. The van der Waals surface area contributed by atoms with Gasteiger partial charge in [0.25, 0.3) is 0 Å². The van der Waals surface area contributed by atoms with Crippen molar-refractivity contribution in [3.05, 3.63) is 64.9 Å². The van der Waals surface area contributed by atoms with Gasteiger partial charge in [-0.05, 0) is 43.7 Å². The Morgan fingerprint density at radius 1 is 0.969 bits per heavy atom. The number of benzene rings is 2. The van der Waals surface area contributed by atoms with Crippen LogP contribution in [-0.4, -0.2) is 25.4 Å². The molecule has 11 heteroatoms. The highest BCUT2D eigenvalue weighted by molar-refractivity contribution is 5.75. The fourth-order valence-electron chi connectivity index (χ4n) is 3.24. The summed E-state index contributed by atoms with van der Waals surface area (Å²) >= 11 is 0. The first kappa shape index (κ1) is 25.3. The van der Waals surface area contributed by atoms with Crippen LogP contribution in [0.4, 0.5) is 32.0 Å². The monoisotopic (exact) mass is 463 g/mol. The summed E-state index contributed by atoms with van der Waals surface area (Å²) in [5.74, 6) is 0.0369. The highest BCUT2D eigenvalue weighted by Gasteiger charge is 2.37. The molecule has 0 saturated heterocycles. The fraction of sp³-hybridized carbons (Fsp3) is 0.333. The lowest BCUT2D eigenvalue weighted by molar-refractivity contribution is -0.168. The lowest BCUT2D eigenvalue weighted by Gasteiger charge is -2.21. The standard InChI is InChI=1S/C13H15F3N2O.C8H8F3NO/c1-8-12(9(2)18(17-8)19-3)10-6-4-5-7-11(10)13(14,15)16;1-13-7-4-5(8(9,10)11)2-3-6(7)12/h4-7,9,17H,1-3H3;2-4H,12H2,1H3. The Labute approximate surface area is 181 Å². The molecule has 0 amide bonds. The van der Waals surface area contributed by atoms with Crippen LogP contribution in [0.15, 0.2) is 48.2 Å². The molecule has 2 aromatic carbocycles. The zero-order chi connectivity index (χ0) is 24.3. The predicted molar refractivity (Wildman–Crippen MR) is 108 cm³/mol. The zero-order valence-electron chi connectivity index (χ0n) is 17.7. The summed E-state index contributed by atoms with van der Waals surface area (Å²) in [6.45, 7) is 3.52. The number of hydrogen-bond acceptors (Lipinski definition) is 5. The van der Waals surface area contributed by atoms with Crippen LogP contribution >= 0.6 is 0 Å². The van der Waals surface area contributed by atoms with E-state index in [4.69, 9.17) is 10.6 Å². The normalized spacial score (nSPS) is 17.0. The third kappa shape index (κ3) is 5.65. The van der Waals surface area contributed by atoms with Crippen molar-refractivity contribution in [1.29, 1.82) is 0 Å². The molecule has 3 rings (SSSR count). The van der Waals surface area contributed by atoms with Crippen LogP contribution in [0.3, 0.4) is 0 Å². The van der Waals surface area contributed by atoms with Gasteiger partial charge in [-0.25, -0.2) is 0 Å². The van der Waals surface area contributed by atoms with E-state index in [-0.39, 0.29) is 23.0 Å². The van der Waals surface area contributed by atoms with E-state index in [0.717, 1.165) is 18.2 Å². The molecule has 1 atom stereocenters. The van der Waals surface area contributed by atoms with Crippen molar-refractivity contribution in [3.63, 3.8) is 0 Å². The predicted octanol–water partition coefficient (Wildman–Crippen LogP) is 5.50. The molecule has 176 valence electrons. The van der Waals surface area contributed by atoms with Crippen molar-refractivity contribution >= 4 is 11.3 Å². The van der Waals surface area contributed by atoms with Crippen LogP contribution in [0.5, 0.6) is 5.75 Å². The molecular weight excluding hydrogens is 440 g/mol. The van der Waals surface area contributed by atoms with E-state index in [1.54, 1.807) is 19.9 Å². The molecule has 0 aromatic heterocycles. The Bertz CT molecular complexity index is 973. The van der Waals surface area contributed by atoms with Crippen molar-refractivity contribution in [2.75, 3.05) is 20.0 Å². The van der Waals surface area contributed by atoms with Crippen LogP contribution in [0.25, 0.3) is 5.57 Å². The first-order valence-corrected chi connectivity index (χ1v) is 9.29. The maximum absolute atomic E-state index is 13.0. The van der Waals surface area contributed by atoms with E-state index in [1.165, 1.54) is 37.6 Å². The molecule has 0 saturated carbocycles. The minimum absolute atomic E-state index is 0.0369. The molecule has 0 fully saturated rings. The first-order valence-electron chi connectivity index (χ1n) is 9.29. The van der Waals surface area contributed by atoms with Gasteiger partial charge >= 0.3 is 12.4 Å². The number of nitrogen functional groups attached to an aromatic ring is 1. The second kappa shape index (κ2) is 9.70. The highest BCUT2D eigenvalue weighted by Crippen LogP contribution is 2.39. The molecule has 0 radical (unpaired) electrons. The number of anilines is 1. The summed E-state index contributed by atoms with van der Waals surface area (Å²) in [5.41, 5.74) is 8.49. The van der Waals surface area contributed by atoms with E-state index in [1.807, 2.05) is 0 Å². The number of nitrogens with one attached hydrogen (secondary N) is 1. The van der Waals surface area contributed by atoms with Crippen LogP contribution in [-0.2, 0) is 17.2 Å². The summed E-state index contributed by atoms with van der Waals surface area (Å²) in [4.78, 5) is 5.07. The number of hydrogen-bond donors (Lipinski definition) is 2. The van der Waals surface area contributed by atoms with Gasteiger partial charge in [0.2, 0.25) is 0 Å². The van der Waals surface area contributed by atoms with Gasteiger partial charge in [-0.3, -0.25) is 10.3 Å². The largest absolute Gasteiger partial charge is 0.495 e. The maximum Gasteiger partial charge on any atom is 0.416 e. The Kier molecular flexibility index (Phi) is 7.68. The summed E-state index contributed by atoms with van der Waals surface area (Å²) in [5, 5.41) is 1.43. The Morgan fingerprint density at radius 2 is 1.59 bits per heavy atom. The fourth-order valence-corrected chi connectivity index (χ4v) is 3.24. The van der Waals surface area contributed by atoms with Gasteiger partial charge in [-0.15, -0.1) is 0 Å². The molecule has 1 heterocycles. The summed E-state index contributed by atoms with van der Waals surface area (Å²) < 4.78 is 80.2. The SMILES string of the molecule is CON1NC(C)=C(c2ccccc2C(F)(F)F)C1C.COc1cc(C(F)(F)F)ccc1N. The maximum atomic E-state index is 13.0. The topological polar surface area (TPSA) is 59.8 Å². The number of halogens is 6. The quantitative estimate of drug-likeness (QED) is 0.465. The average Bonchev–Trinajstić information content (AvgIpc) is 3.00. The number of allylic oxidation sites excluding steroid dienone is 1. The summed E-state index contributed by atoms with van der Waals surface area (Å²) in [6, 6.07) is 8.23. The smallest absolute Gasteiger partial charge is 0.416 e. The Balaban J connectivity index is 0.000000244.